The lowest BCUT2D eigenvalue weighted by Crippen LogP contribution is -2.53. The number of alkyl halides is 1. The maximum absolute atomic E-state index is 13.0. The average Bonchev–Trinajstić information content (AvgIpc) is 2.62. The molecule has 148 valence electrons. The van der Waals surface area contributed by atoms with E-state index in [1.165, 1.54) is 24.3 Å². The van der Waals surface area contributed by atoms with Gasteiger partial charge in [-0.25, -0.2) is 4.79 Å². The highest BCUT2D eigenvalue weighted by atomic mass is 79.9. The van der Waals surface area contributed by atoms with E-state index in [-0.39, 0.29) is 11.3 Å². The van der Waals surface area contributed by atoms with Crippen LogP contribution in [0.15, 0.2) is 53.0 Å². The van der Waals surface area contributed by atoms with Gasteiger partial charge in [-0.15, -0.1) is 0 Å². The van der Waals surface area contributed by atoms with Crippen molar-refractivity contribution in [3.8, 4) is 5.75 Å². The lowest BCUT2D eigenvalue weighted by atomic mass is 9.87. The largest absolute Gasteiger partial charge is 0.478 e. The second-order valence-corrected chi connectivity index (χ2v) is 9.10. The fourth-order valence-corrected chi connectivity index (χ4v) is 3.40. The predicted octanol–water partition coefficient (Wildman–Crippen LogP) is 4.87. The van der Waals surface area contributed by atoms with Gasteiger partial charge in [0.2, 0.25) is 5.78 Å². The summed E-state index contributed by atoms with van der Waals surface area (Å²) in [5.41, 5.74) is -0.334. The fourth-order valence-electron chi connectivity index (χ4n) is 2.25. The summed E-state index contributed by atoms with van der Waals surface area (Å²) in [6.07, 6.45) is 0. The molecule has 0 radical (unpaired) electrons. The van der Waals surface area contributed by atoms with Crippen molar-refractivity contribution in [3.63, 3.8) is 0 Å². The highest BCUT2D eigenvalue weighted by Gasteiger charge is 2.50. The van der Waals surface area contributed by atoms with E-state index in [1.807, 2.05) is 0 Å². The molecule has 0 spiro atoms. The molecule has 0 aliphatic rings. The van der Waals surface area contributed by atoms with E-state index in [0.717, 1.165) is 4.47 Å². The summed E-state index contributed by atoms with van der Waals surface area (Å²) < 4.78 is 4.58. The van der Waals surface area contributed by atoms with Gasteiger partial charge in [-0.1, -0.05) is 36.7 Å². The maximum atomic E-state index is 13.0. The fraction of sp³-hybridized carbons (Fsp3) is 0.250. The zero-order valence-corrected chi connectivity index (χ0v) is 18.6. The molecule has 2 aromatic rings. The van der Waals surface area contributed by atoms with Crippen molar-refractivity contribution in [2.45, 2.75) is 25.3 Å². The standard InChI is InChI=1S/C20H19Br2NO5/c1-19(2,3)17(26)20(22,18(27)23-14-8-6-13(21)7-9-14)28-15-10-4-12(5-11-15)16(24)25/h4-11H,1-3H3,(H,23,27)(H,24,25). The van der Waals surface area contributed by atoms with Gasteiger partial charge in [-0.2, -0.15) is 0 Å². The zero-order chi connectivity index (χ0) is 21.1. The van der Waals surface area contributed by atoms with Crippen LogP contribution in [0.1, 0.15) is 31.1 Å². The van der Waals surface area contributed by atoms with Crippen LogP contribution < -0.4 is 10.1 Å². The molecular weight excluding hydrogens is 494 g/mol. The van der Waals surface area contributed by atoms with Crippen molar-refractivity contribution < 1.29 is 24.2 Å². The molecule has 0 aliphatic carbocycles. The van der Waals surface area contributed by atoms with Crippen LogP contribution in [0.4, 0.5) is 5.69 Å². The third-order valence-corrected chi connectivity index (χ3v) is 5.14. The van der Waals surface area contributed by atoms with Gasteiger partial charge in [0, 0.05) is 15.6 Å². The van der Waals surface area contributed by atoms with E-state index < -0.39 is 27.6 Å². The summed E-state index contributed by atoms with van der Waals surface area (Å²) in [4.78, 5) is 37.0. The highest BCUT2D eigenvalue weighted by Crippen LogP contribution is 2.34. The smallest absolute Gasteiger partial charge is 0.335 e. The molecule has 6 nitrogen and oxygen atoms in total. The minimum atomic E-state index is -2.00. The van der Waals surface area contributed by atoms with E-state index in [2.05, 4.69) is 37.2 Å². The van der Waals surface area contributed by atoms with Crippen molar-refractivity contribution in [1.82, 2.24) is 0 Å². The number of carbonyl (C=O) groups excluding carboxylic acids is 2. The number of hydrogen-bond donors (Lipinski definition) is 2. The van der Waals surface area contributed by atoms with Crippen LogP contribution in [0.3, 0.4) is 0 Å². The Hall–Kier alpha value is -2.19. The predicted molar refractivity (Wildman–Crippen MR) is 113 cm³/mol. The van der Waals surface area contributed by atoms with Crippen LogP contribution in [0, 0.1) is 5.41 Å². The first kappa shape index (κ1) is 22.1. The van der Waals surface area contributed by atoms with Gasteiger partial charge in [0.15, 0.2) is 0 Å². The van der Waals surface area contributed by atoms with Crippen LogP contribution in [-0.2, 0) is 9.59 Å². The summed E-state index contributed by atoms with van der Waals surface area (Å²) in [5, 5.41) is 11.7. The van der Waals surface area contributed by atoms with Crippen molar-refractivity contribution in [3.05, 3.63) is 58.6 Å². The molecule has 1 atom stereocenters. The first-order valence-corrected chi connectivity index (χ1v) is 9.85. The first-order valence-electron chi connectivity index (χ1n) is 8.26. The molecule has 2 N–H and O–H groups in total. The second kappa shape index (κ2) is 8.45. The molecule has 2 rings (SSSR count). The summed E-state index contributed by atoms with van der Waals surface area (Å²) in [6, 6.07) is 12.3. The Morgan fingerprint density at radius 3 is 1.96 bits per heavy atom. The number of nitrogens with one attached hydrogen (secondary N) is 1. The number of Topliss-reactive ketones (excluding diaryl/α,β-unsaturated/α-hetero) is 1. The summed E-state index contributed by atoms with van der Waals surface area (Å²) in [6.45, 7) is 5.03. The molecule has 28 heavy (non-hydrogen) atoms. The molecule has 0 bridgehead atoms. The Balaban J connectivity index is 2.36. The molecule has 0 saturated carbocycles. The minimum absolute atomic E-state index is 0.0639. The number of anilines is 1. The van der Waals surface area contributed by atoms with Crippen LogP contribution in [0.5, 0.6) is 5.75 Å². The van der Waals surface area contributed by atoms with Gasteiger partial charge >= 0.3 is 5.97 Å². The molecule has 1 amide bonds. The number of hydrogen-bond acceptors (Lipinski definition) is 4. The Bertz CT molecular complexity index is 888. The molecule has 0 fully saturated rings. The van der Waals surface area contributed by atoms with Crippen LogP contribution >= 0.6 is 31.9 Å². The normalized spacial score (nSPS) is 13.3. The van der Waals surface area contributed by atoms with Crippen LogP contribution in [0.2, 0.25) is 0 Å². The van der Waals surface area contributed by atoms with Crippen LogP contribution in [-0.4, -0.2) is 27.3 Å². The van der Waals surface area contributed by atoms with E-state index in [9.17, 15) is 14.4 Å². The molecular formula is C20H19Br2NO5. The summed E-state index contributed by atoms with van der Waals surface area (Å²) in [7, 11) is 0. The summed E-state index contributed by atoms with van der Waals surface area (Å²) in [5.74, 6) is -2.10. The molecule has 2 aromatic carbocycles. The zero-order valence-electron chi connectivity index (χ0n) is 15.5. The lowest BCUT2D eigenvalue weighted by molar-refractivity contribution is -0.142. The van der Waals surface area contributed by atoms with E-state index in [4.69, 9.17) is 9.84 Å². The number of rotatable bonds is 6. The number of aromatic carboxylic acids is 1. The quantitative estimate of drug-likeness (QED) is 0.425. The Morgan fingerprint density at radius 1 is 0.964 bits per heavy atom. The highest BCUT2D eigenvalue weighted by molar-refractivity contribution is 9.10. The second-order valence-electron chi connectivity index (χ2n) is 7.07. The monoisotopic (exact) mass is 511 g/mol. The topological polar surface area (TPSA) is 92.7 Å². The Morgan fingerprint density at radius 2 is 1.50 bits per heavy atom. The number of ether oxygens (including phenoxy) is 1. The van der Waals surface area contributed by atoms with E-state index >= 15 is 0 Å². The molecule has 0 aliphatic heterocycles. The number of carboxylic acids is 1. The molecule has 0 aromatic heterocycles. The van der Waals surface area contributed by atoms with Crippen molar-refractivity contribution in [1.29, 1.82) is 0 Å². The van der Waals surface area contributed by atoms with Gasteiger partial charge in [-0.05, 0) is 64.5 Å². The Labute approximate surface area is 179 Å². The minimum Gasteiger partial charge on any atom is -0.478 e. The third kappa shape index (κ3) is 5.20. The third-order valence-electron chi connectivity index (χ3n) is 3.73. The number of benzene rings is 2. The summed E-state index contributed by atoms with van der Waals surface area (Å²) >= 11 is 6.52. The molecule has 0 heterocycles. The average molecular weight is 513 g/mol. The number of amides is 1. The SMILES string of the molecule is CC(C)(C)C(=O)C(Br)(Oc1ccc(C(=O)O)cc1)C(=O)Nc1ccc(Br)cc1. The van der Waals surface area contributed by atoms with E-state index in [1.54, 1.807) is 45.0 Å². The van der Waals surface area contributed by atoms with Crippen molar-refractivity contribution >= 4 is 55.2 Å². The Kier molecular flexibility index (Phi) is 6.67. The number of carbonyl (C=O) groups is 3. The van der Waals surface area contributed by atoms with Crippen molar-refractivity contribution in [2.24, 2.45) is 5.41 Å². The van der Waals surface area contributed by atoms with Crippen molar-refractivity contribution in [2.75, 3.05) is 5.32 Å². The molecule has 0 saturated heterocycles. The van der Waals surface area contributed by atoms with Crippen LogP contribution in [0.25, 0.3) is 0 Å². The first-order chi connectivity index (χ1) is 12.9. The van der Waals surface area contributed by atoms with Gasteiger partial charge in [0.05, 0.1) is 5.56 Å². The molecule has 8 heteroatoms. The number of ketones is 1. The van der Waals surface area contributed by atoms with Gasteiger partial charge in [0.1, 0.15) is 5.75 Å². The van der Waals surface area contributed by atoms with E-state index in [0.29, 0.717) is 5.69 Å². The molecule has 1 unspecified atom stereocenters. The number of halogens is 2. The van der Waals surface area contributed by atoms with Gasteiger partial charge in [-0.3, -0.25) is 9.59 Å². The maximum Gasteiger partial charge on any atom is 0.335 e. The lowest BCUT2D eigenvalue weighted by Gasteiger charge is -2.31. The van der Waals surface area contributed by atoms with Gasteiger partial charge in [0.25, 0.3) is 10.4 Å². The number of carboxylic acid groups (broad SMARTS) is 1. The van der Waals surface area contributed by atoms with Gasteiger partial charge < -0.3 is 15.2 Å².